The second-order valence-electron chi connectivity index (χ2n) is 9.83. The Balaban J connectivity index is 1.34. The Hall–Kier alpha value is -3.97. The molecule has 1 aliphatic rings. The first-order chi connectivity index (χ1) is 19.3. The smallest absolute Gasteiger partial charge is 0.406 e. The molecule has 0 unspecified atom stereocenters. The Kier molecular flexibility index (Phi) is 8.98. The van der Waals surface area contributed by atoms with E-state index >= 15 is 0 Å². The lowest BCUT2D eigenvalue weighted by atomic mass is 9.93. The third kappa shape index (κ3) is 7.82. The largest absolute Gasteiger partial charge is 0.573 e. The molecule has 0 radical (unpaired) electrons. The van der Waals surface area contributed by atoms with Gasteiger partial charge in [-0.1, -0.05) is 42.8 Å². The monoisotopic (exact) mass is 590 g/mol. The summed E-state index contributed by atoms with van der Waals surface area (Å²) in [4.78, 5) is 32.1. The zero-order valence-corrected chi connectivity index (χ0v) is 22.9. The molecule has 1 aliphatic carbocycles. The molecule has 1 heterocycles. The second-order valence-corrected chi connectivity index (χ2v) is 11.4. The quantitative estimate of drug-likeness (QED) is 0.388. The highest BCUT2D eigenvalue weighted by Crippen LogP contribution is 2.34. The molecule has 2 amide bonds. The standard InChI is InChI=1S/C28H29F3N4O5S/c1-35(17-20-12-11-19(16-33-20)22-5-2-3-8-25(22)41(32,38)39)27(37)24-7-4-6-23(24)26(36)34-15-18-9-13-21(14-10-18)40-28(29,30)31/h2-3,5,8-14,16,23-24H,4,6-7,15,17H2,1H3,(H,34,36)(H2,32,38,39)/t23-,24-/m1/s1. The number of ether oxygens (including phenoxy) is 1. The minimum Gasteiger partial charge on any atom is -0.406 e. The molecule has 218 valence electrons. The predicted molar refractivity (Wildman–Crippen MR) is 143 cm³/mol. The molecular formula is C28H29F3N4O5S. The highest BCUT2D eigenvalue weighted by atomic mass is 32.2. The van der Waals surface area contributed by atoms with Crippen LogP contribution in [0.15, 0.2) is 71.8 Å². The average molecular weight is 591 g/mol. The lowest BCUT2D eigenvalue weighted by molar-refractivity contribution is -0.274. The van der Waals surface area contributed by atoms with Crippen LogP contribution in [0.3, 0.4) is 0 Å². The molecule has 0 aliphatic heterocycles. The molecule has 0 spiro atoms. The molecule has 0 saturated heterocycles. The van der Waals surface area contributed by atoms with Crippen molar-refractivity contribution in [3.63, 3.8) is 0 Å². The highest BCUT2D eigenvalue weighted by molar-refractivity contribution is 7.89. The molecule has 13 heteroatoms. The third-order valence-corrected chi connectivity index (χ3v) is 7.87. The van der Waals surface area contributed by atoms with Gasteiger partial charge >= 0.3 is 6.36 Å². The first-order valence-corrected chi connectivity index (χ1v) is 14.3. The van der Waals surface area contributed by atoms with Crippen LogP contribution in [0.25, 0.3) is 11.1 Å². The van der Waals surface area contributed by atoms with Gasteiger partial charge in [0.25, 0.3) is 0 Å². The van der Waals surface area contributed by atoms with Crippen molar-refractivity contribution in [3.8, 4) is 16.9 Å². The van der Waals surface area contributed by atoms with E-state index in [9.17, 15) is 31.2 Å². The zero-order chi connectivity index (χ0) is 29.8. The van der Waals surface area contributed by atoms with Crippen LogP contribution in [0.4, 0.5) is 13.2 Å². The maximum atomic E-state index is 13.3. The van der Waals surface area contributed by atoms with E-state index in [1.165, 1.54) is 41.4 Å². The van der Waals surface area contributed by atoms with E-state index in [1.54, 1.807) is 37.4 Å². The minimum absolute atomic E-state index is 0.0140. The number of nitrogens with two attached hydrogens (primary N) is 1. The normalized spacial score (nSPS) is 17.2. The molecule has 3 N–H and O–H groups in total. The molecule has 3 aromatic rings. The van der Waals surface area contributed by atoms with Gasteiger partial charge in [0, 0.05) is 42.8 Å². The number of sulfonamides is 1. The Labute approximate surface area is 235 Å². The topological polar surface area (TPSA) is 132 Å². The van der Waals surface area contributed by atoms with Crippen molar-refractivity contribution in [2.45, 2.75) is 43.6 Å². The molecule has 2 atom stereocenters. The van der Waals surface area contributed by atoms with E-state index in [0.29, 0.717) is 41.6 Å². The number of amides is 2. The van der Waals surface area contributed by atoms with Crippen molar-refractivity contribution in [1.82, 2.24) is 15.2 Å². The number of carbonyl (C=O) groups excluding carboxylic acids is 2. The summed E-state index contributed by atoms with van der Waals surface area (Å²) >= 11 is 0. The van der Waals surface area contributed by atoms with Gasteiger partial charge in [0.2, 0.25) is 21.8 Å². The van der Waals surface area contributed by atoms with Gasteiger partial charge in [0.15, 0.2) is 0 Å². The maximum Gasteiger partial charge on any atom is 0.573 e. The van der Waals surface area contributed by atoms with E-state index in [2.05, 4.69) is 15.0 Å². The van der Waals surface area contributed by atoms with Crippen LogP contribution in [0.1, 0.15) is 30.5 Å². The van der Waals surface area contributed by atoms with E-state index in [-0.39, 0.29) is 35.5 Å². The first kappa shape index (κ1) is 30.0. The Bertz CT molecular complexity index is 1500. The number of carbonyl (C=O) groups is 2. The number of nitrogens with zero attached hydrogens (tertiary/aromatic N) is 2. The van der Waals surface area contributed by atoms with E-state index in [1.807, 2.05) is 0 Å². The number of hydrogen-bond donors (Lipinski definition) is 2. The number of primary sulfonamides is 1. The maximum absolute atomic E-state index is 13.3. The number of alkyl halides is 3. The molecule has 4 rings (SSSR count). The highest BCUT2D eigenvalue weighted by Gasteiger charge is 2.39. The van der Waals surface area contributed by atoms with Crippen LogP contribution < -0.4 is 15.2 Å². The Morgan fingerprint density at radius 1 is 1.05 bits per heavy atom. The van der Waals surface area contributed by atoms with Gasteiger partial charge in [-0.05, 0) is 42.7 Å². The van der Waals surface area contributed by atoms with Crippen LogP contribution in [0.2, 0.25) is 0 Å². The fourth-order valence-electron chi connectivity index (χ4n) is 4.93. The summed E-state index contributed by atoms with van der Waals surface area (Å²) in [6.45, 7) is 0.288. The Morgan fingerprint density at radius 3 is 2.37 bits per heavy atom. The summed E-state index contributed by atoms with van der Waals surface area (Å²) in [5, 5.41) is 8.11. The third-order valence-electron chi connectivity index (χ3n) is 6.90. The number of nitrogens with one attached hydrogen (secondary N) is 1. The van der Waals surface area contributed by atoms with Gasteiger partial charge < -0.3 is 15.0 Å². The van der Waals surface area contributed by atoms with E-state index in [0.717, 1.165) is 0 Å². The number of benzene rings is 2. The molecule has 1 saturated carbocycles. The van der Waals surface area contributed by atoms with Gasteiger partial charge in [-0.25, -0.2) is 13.6 Å². The fourth-order valence-corrected chi connectivity index (χ4v) is 5.69. The molecule has 1 fully saturated rings. The van der Waals surface area contributed by atoms with Crippen molar-refractivity contribution in [2.24, 2.45) is 17.0 Å². The summed E-state index contributed by atoms with van der Waals surface area (Å²) in [5.74, 6) is -1.87. The van der Waals surface area contributed by atoms with Crippen molar-refractivity contribution < 1.29 is 35.9 Å². The number of aromatic nitrogens is 1. The number of rotatable bonds is 9. The molecule has 41 heavy (non-hydrogen) atoms. The number of pyridine rings is 1. The summed E-state index contributed by atoms with van der Waals surface area (Å²) in [6, 6.07) is 14.9. The predicted octanol–water partition coefficient (Wildman–Crippen LogP) is 3.99. The molecule has 2 aromatic carbocycles. The summed E-state index contributed by atoms with van der Waals surface area (Å²) in [7, 11) is -2.30. The molecule has 1 aromatic heterocycles. The van der Waals surface area contributed by atoms with Gasteiger partial charge in [0.1, 0.15) is 5.75 Å². The summed E-state index contributed by atoms with van der Waals surface area (Å²) in [6.07, 6.45) is -1.45. The number of hydrogen-bond acceptors (Lipinski definition) is 6. The molecule has 0 bridgehead atoms. The van der Waals surface area contributed by atoms with Crippen molar-refractivity contribution >= 4 is 21.8 Å². The van der Waals surface area contributed by atoms with Crippen LogP contribution in [0.5, 0.6) is 5.75 Å². The molecular weight excluding hydrogens is 561 g/mol. The second kappa shape index (κ2) is 12.3. The van der Waals surface area contributed by atoms with Gasteiger partial charge in [-0.2, -0.15) is 0 Å². The van der Waals surface area contributed by atoms with E-state index < -0.39 is 28.2 Å². The number of halogens is 3. The van der Waals surface area contributed by atoms with Crippen molar-refractivity contribution in [2.75, 3.05) is 7.05 Å². The van der Waals surface area contributed by atoms with Crippen LogP contribution in [-0.4, -0.2) is 43.5 Å². The van der Waals surface area contributed by atoms with Crippen LogP contribution >= 0.6 is 0 Å². The van der Waals surface area contributed by atoms with Gasteiger partial charge in [0.05, 0.1) is 17.1 Å². The van der Waals surface area contributed by atoms with Crippen molar-refractivity contribution in [3.05, 3.63) is 78.1 Å². The van der Waals surface area contributed by atoms with Crippen molar-refractivity contribution in [1.29, 1.82) is 0 Å². The fraction of sp³-hybridized carbons (Fsp3) is 0.321. The van der Waals surface area contributed by atoms with Gasteiger partial charge in [-0.3, -0.25) is 14.6 Å². The van der Waals surface area contributed by atoms with Crippen LogP contribution in [0, 0.1) is 11.8 Å². The van der Waals surface area contributed by atoms with Gasteiger partial charge in [-0.15, -0.1) is 13.2 Å². The first-order valence-electron chi connectivity index (χ1n) is 12.8. The summed E-state index contributed by atoms with van der Waals surface area (Å²) < 4.78 is 64.7. The average Bonchev–Trinajstić information content (AvgIpc) is 3.41. The van der Waals surface area contributed by atoms with E-state index in [4.69, 9.17) is 5.14 Å². The molecule has 9 nitrogen and oxygen atoms in total. The minimum atomic E-state index is -4.78. The lowest BCUT2D eigenvalue weighted by Gasteiger charge is -2.24. The lowest BCUT2D eigenvalue weighted by Crippen LogP contribution is -2.40. The SMILES string of the molecule is CN(Cc1ccc(-c2ccccc2S(N)(=O)=O)cn1)C(=O)[C@@H]1CCC[C@H]1C(=O)NCc1ccc(OC(F)(F)F)cc1. The summed E-state index contributed by atoms with van der Waals surface area (Å²) in [5.41, 5.74) is 2.15. The Morgan fingerprint density at radius 2 is 1.73 bits per heavy atom. The zero-order valence-electron chi connectivity index (χ0n) is 22.1. The van der Waals surface area contributed by atoms with Crippen LogP contribution in [-0.2, 0) is 32.7 Å².